The van der Waals surface area contributed by atoms with Gasteiger partial charge in [0.15, 0.2) is 6.20 Å². The van der Waals surface area contributed by atoms with Crippen molar-refractivity contribution in [3.63, 3.8) is 0 Å². The van der Waals surface area contributed by atoms with Crippen LogP contribution in [-0.4, -0.2) is 0 Å². The first-order valence-corrected chi connectivity index (χ1v) is 9.86. The van der Waals surface area contributed by atoms with Crippen LogP contribution in [0.5, 0.6) is 0 Å². The number of hydrogen-bond acceptors (Lipinski definition) is 0. The molecule has 0 amide bonds. The summed E-state index contributed by atoms with van der Waals surface area (Å²) in [7, 11) is 2.16. The summed E-state index contributed by atoms with van der Waals surface area (Å²) in [5.41, 5.74) is 6.62. The van der Waals surface area contributed by atoms with Crippen LogP contribution in [0.15, 0.2) is 72.9 Å². The van der Waals surface area contributed by atoms with Gasteiger partial charge in [0.05, 0.1) is 10.9 Å². The summed E-state index contributed by atoms with van der Waals surface area (Å²) >= 11 is 0. The fourth-order valence-corrected chi connectivity index (χ4v) is 4.64. The van der Waals surface area contributed by atoms with Crippen LogP contribution in [0.25, 0.3) is 43.6 Å². The van der Waals surface area contributed by atoms with Gasteiger partial charge in [-0.15, -0.1) is 0 Å². The lowest BCUT2D eigenvalue weighted by Gasteiger charge is -2.15. The minimum atomic E-state index is 1.30. The van der Waals surface area contributed by atoms with Crippen LogP contribution in [0.1, 0.15) is 16.7 Å². The fourth-order valence-electron chi connectivity index (χ4n) is 4.64. The standard InChI is InChI=1S/C27H24N/c1-17-15-18(2)19(3)25(16-17)27-26-23-12-8-7-10-21(23)20-9-5-6-11-22(20)24(26)13-14-28(27)4/h5-16H,1-4H3/q+1. The first kappa shape index (κ1) is 16.9. The number of pyridine rings is 1. The smallest absolute Gasteiger partial charge is 0.200 e. The molecule has 0 saturated carbocycles. The zero-order valence-corrected chi connectivity index (χ0v) is 16.9. The number of aryl methyl sites for hydroxylation is 3. The van der Waals surface area contributed by atoms with Gasteiger partial charge in [-0.2, -0.15) is 0 Å². The second-order valence-corrected chi connectivity index (χ2v) is 7.91. The molecule has 0 N–H and O–H groups in total. The van der Waals surface area contributed by atoms with E-state index in [1.54, 1.807) is 0 Å². The largest absolute Gasteiger partial charge is 0.221 e. The highest BCUT2D eigenvalue weighted by molar-refractivity contribution is 6.27. The summed E-state index contributed by atoms with van der Waals surface area (Å²) in [5, 5.41) is 7.94. The van der Waals surface area contributed by atoms with Gasteiger partial charge in [-0.05, 0) is 59.5 Å². The number of rotatable bonds is 1. The van der Waals surface area contributed by atoms with E-state index < -0.39 is 0 Å². The lowest BCUT2D eigenvalue weighted by molar-refractivity contribution is -0.659. The van der Waals surface area contributed by atoms with Crippen molar-refractivity contribution in [3.05, 3.63) is 89.6 Å². The van der Waals surface area contributed by atoms with Gasteiger partial charge in [0.25, 0.3) is 0 Å². The van der Waals surface area contributed by atoms with E-state index in [-0.39, 0.29) is 0 Å². The summed E-state index contributed by atoms with van der Waals surface area (Å²) in [6.45, 7) is 6.64. The molecular weight excluding hydrogens is 338 g/mol. The second kappa shape index (κ2) is 6.17. The van der Waals surface area contributed by atoms with Crippen molar-refractivity contribution in [2.75, 3.05) is 0 Å². The fraction of sp³-hybridized carbons (Fsp3) is 0.148. The van der Waals surface area contributed by atoms with Gasteiger partial charge in [0.1, 0.15) is 7.05 Å². The lowest BCUT2D eigenvalue weighted by atomic mass is 9.89. The van der Waals surface area contributed by atoms with Gasteiger partial charge in [-0.25, -0.2) is 4.57 Å². The Labute approximate surface area is 165 Å². The Morgan fingerprint density at radius 3 is 1.82 bits per heavy atom. The molecular formula is C27H24N+. The third kappa shape index (κ3) is 2.36. The molecule has 136 valence electrons. The highest BCUT2D eigenvalue weighted by atomic mass is 14.9. The van der Waals surface area contributed by atoms with E-state index in [1.807, 2.05) is 0 Å². The zero-order valence-electron chi connectivity index (χ0n) is 16.9. The molecule has 0 unspecified atom stereocenters. The summed E-state index contributed by atoms with van der Waals surface area (Å²) in [6, 6.07) is 24.5. The van der Waals surface area contributed by atoms with E-state index in [0.29, 0.717) is 0 Å². The van der Waals surface area contributed by atoms with Crippen LogP contribution in [0.2, 0.25) is 0 Å². The molecule has 0 bridgehead atoms. The molecule has 0 aliphatic rings. The highest BCUT2D eigenvalue weighted by Crippen LogP contribution is 2.39. The van der Waals surface area contributed by atoms with E-state index in [4.69, 9.17) is 0 Å². The molecule has 0 spiro atoms. The highest BCUT2D eigenvalue weighted by Gasteiger charge is 2.22. The molecule has 5 rings (SSSR count). The van der Waals surface area contributed by atoms with Crippen molar-refractivity contribution in [1.82, 2.24) is 0 Å². The van der Waals surface area contributed by atoms with Crippen molar-refractivity contribution in [3.8, 4) is 11.3 Å². The number of hydrogen-bond donors (Lipinski definition) is 0. The normalized spacial score (nSPS) is 11.6. The topological polar surface area (TPSA) is 3.88 Å². The Bertz CT molecular complexity index is 1360. The Morgan fingerprint density at radius 2 is 1.18 bits per heavy atom. The summed E-state index contributed by atoms with van der Waals surface area (Å²) in [4.78, 5) is 0. The van der Waals surface area contributed by atoms with Crippen molar-refractivity contribution in [2.45, 2.75) is 20.8 Å². The first-order chi connectivity index (χ1) is 13.6. The third-order valence-electron chi connectivity index (χ3n) is 6.09. The Hall–Kier alpha value is -3.19. The van der Waals surface area contributed by atoms with Crippen molar-refractivity contribution >= 4 is 32.3 Å². The van der Waals surface area contributed by atoms with E-state index in [1.165, 1.54) is 60.3 Å². The van der Waals surface area contributed by atoms with Crippen LogP contribution >= 0.6 is 0 Å². The van der Waals surface area contributed by atoms with Gasteiger partial charge < -0.3 is 0 Å². The van der Waals surface area contributed by atoms with E-state index in [9.17, 15) is 0 Å². The Morgan fingerprint density at radius 1 is 0.643 bits per heavy atom. The molecule has 1 heteroatoms. The number of fused-ring (bicyclic) bond motifs is 6. The molecule has 0 aliphatic carbocycles. The van der Waals surface area contributed by atoms with Crippen LogP contribution < -0.4 is 4.57 Å². The van der Waals surface area contributed by atoms with Crippen LogP contribution in [0.3, 0.4) is 0 Å². The molecule has 1 aromatic heterocycles. The van der Waals surface area contributed by atoms with E-state index in [0.717, 1.165) is 0 Å². The van der Waals surface area contributed by atoms with Crippen molar-refractivity contribution in [1.29, 1.82) is 0 Å². The van der Waals surface area contributed by atoms with Crippen molar-refractivity contribution in [2.24, 2.45) is 7.05 Å². The molecule has 0 saturated heterocycles. The molecule has 5 aromatic rings. The first-order valence-electron chi connectivity index (χ1n) is 9.86. The monoisotopic (exact) mass is 362 g/mol. The molecule has 28 heavy (non-hydrogen) atoms. The predicted molar refractivity (Wildman–Crippen MR) is 120 cm³/mol. The van der Waals surface area contributed by atoms with Gasteiger partial charge in [-0.1, -0.05) is 60.2 Å². The SMILES string of the molecule is Cc1cc(C)c(C)c(-c2c3c4ccccc4c4ccccc4c3cc[n+]2C)c1. The molecule has 0 atom stereocenters. The van der Waals surface area contributed by atoms with Gasteiger partial charge in [-0.3, -0.25) is 0 Å². The van der Waals surface area contributed by atoms with Crippen LogP contribution in [0, 0.1) is 20.8 Å². The number of nitrogens with zero attached hydrogens (tertiary/aromatic N) is 1. The Balaban J connectivity index is 2.10. The van der Waals surface area contributed by atoms with Crippen molar-refractivity contribution < 1.29 is 4.57 Å². The molecule has 1 nitrogen and oxygen atoms in total. The summed E-state index contributed by atoms with van der Waals surface area (Å²) in [5.74, 6) is 0. The number of benzene rings is 4. The molecule has 0 radical (unpaired) electrons. The summed E-state index contributed by atoms with van der Waals surface area (Å²) in [6.07, 6.45) is 2.20. The maximum absolute atomic E-state index is 2.33. The van der Waals surface area contributed by atoms with E-state index >= 15 is 0 Å². The average Bonchev–Trinajstić information content (AvgIpc) is 2.71. The van der Waals surface area contributed by atoms with Gasteiger partial charge in [0.2, 0.25) is 5.69 Å². The van der Waals surface area contributed by atoms with E-state index in [2.05, 4.69) is 105 Å². The second-order valence-electron chi connectivity index (χ2n) is 7.91. The lowest BCUT2D eigenvalue weighted by Crippen LogP contribution is -2.31. The van der Waals surface area contributed by atoms with Gasteiger partial charge >= 0.3 is 0 Å². The minimum absolute atomic E-state index is 1.30. The average molecular weight is 362 g/mol. The maximum atomic E-state index is 2.33. The predicted octanol–water partition coefficient (Wildman–Crippen LogP) is 6.56. The molecule has 0 fully saturated rings. The molecule has 1 heterocycles. The molecule has 4 aromatic carbocycles. The molecule has 0 aliphatic heterocycles. The third-order valence-corrected chi connectivity index (χ3v) is 6.09. The Kier molecular flexibility index (Phi) is 3.73. The summed E-state index contributed by atoms with van der Waals surface area (Å²) < 4.78 is 2.28. The maximum Gasteiger partial charge on any atom is 0.221 e. The zero-order chi connectivity index (χ0) is 19.4. The van der Waals surface area contributed by atoms with Crippen LogP contribution in [0.4, 0.5) is 0 Å². The van der Waals surface area contributed by atoms with Gasteiger partial charge in [0, 0.05) is 11.5 Å². The number of aromatic nitrogens is 1. The minimum Gasteiger partial charge on any atom is -0.200 e. The quantitative estimate of drug-likeness (QED) is 0.235. The van der Waals surface area contributed by atoms with Crippen LogP contribution in [-0.2, 0) is 7.05 Å².